The summed E-state index contributed by atoms with van der Waals surface area (Å²) in [5.41, 5.74) is 5.63. The van der Waals surface area contributed by atoms with Gasteiger partial charge >= 0.3 is 0 Å². The third kappa shape index (κ3) is 2.41. The number of sulfonamides is 1. The second kappa shape index (κ2) is 4.78. The molecule has 0 spiro atoms. The number of carbonyl (C=O) groups excluding carboxylic acids is 1. The van der Waals surface area contributed by atoms with Crippen LogP contribution in [0, 0.1) is 5.82 Å². The van der Waals surface area contributed by atoms with Crippen molar-refractivity contribution >= 4 is 21.6 Å². The van der Waals surface area contributed by atoms with E-state index in [4.69, 9.17) is 5.73 Å². The lowest BCUT2D eigenvalue weighted by Gasteiger charge is -2.31. The minimum absolute atomic E-state index is 0.101. The quantitative estimate of drug-likeness (QED) is 0.744. The van der Waals surface area contributed by atoms with Crippen LogP contribution in [0.25, 0.3) is 0 Å². The number of amides is 1. The number of piperazine rings is 1. The average Bonchev–Trinajstić information content (AvgIpc) is 2.35. The summed E-state index contributed by atoms with van der Waals surface area (Å²) in [5, 5.41) is 2.55. The van der Waals surface area contributed by atoms with E-state index in [0.717, 1.165) is 16.4 Å². The fourth-order valence-corrected chi connectivity index (χ4v) is 3.63. The zero-order chi connectivity index (χ0) is 14.2. The van der Waals surface area contributed by atoms with E-state index in [2.05, 4.69) is 5.32 Å². The van der Waals surface area contributed by atoms with E-state index < -0.39 is 32.7 Å². The predicted molar refractivity (Wildman–Crippen MR) is 67.2 cm³/mol. The number of anilines is 1. The zero-order valence-corrected chi connectivity index (χ0v) is 11.1. The molecule has 1 saturated heterocycles. The summed E-state index contributed by atoms with van der Waals surface area (Å²) in [4.78, 5) is 11.0. The molecule has 3 N–H and O–H groups in total. The highest BCUT2D eigenvalue weighted by molar-refractivity contribution is 7.89. The maximum Gasteiger partial charge on any atom is 0.246 e. The smallest absolute Gasteiger partial charge is 0.246 e. The topological polar surface area (TPSA) is 92.5 Å². The third-order valence-corrected chi connectivity index (χ3v) is 4.97. The Kier molecular flexibility index (Phi) is 3.46. The van der Waals surface area contributed by atoms with Gasteiger partial charge < -0.3 is 11.1 Å². The van der Waals surface area contributed by atoms with Crippen molar-refractivity contribution in [2.45, 2.75) is 17.9 Å². The van der Waals surface area contributed by atoms with E-state index in [1.165, 1.54) is 13.0 Å². The number of nitrogens with one attached hydrogen (secondary N) is 1. The summed E-state index contributed by atoms with van der Waals surface area (Å²) >= 11 is 0. The van der Waals surface area contributed by atoms with Crippen LogP contribution in [0.3, 0.4) is 0 Å². The molecule has 6 nitrogen and oxygen atoms in total. The van der Waals surface area contributed by atoms with Crippen molar-refractivity contribution in [3.8, 4) is 0 Å². The van der Waals surface area contributed by atoms with Crippen molar-refractivity contribution in [1.29, 1.82) is 0 Å². The van der Waals surface area contributed by atoms with Gasteiger partial charge in [-0.1, -0.05) is 0 Å². The first-order valence-electron chi connectivity index (χ1n) is 5.68. The van der Waals surface area contributed by atoms with Gasteiger partial charge in [-0.25, -0.2) is 12.8 Å². The molecule has 2 rings (SSSR count). The molecule has 1 aliphatic rings. The van der Waals surface area contributed by atoms with E-state index in [1.54, 1.807) is 0 Å². The highest BCUT2D eigenvalue weighted by Crippen LogP contribution is 2.24. The highest BCUT2D eigenvalue weighted by Gasteiger charge is 2.36. The SMILES string of the molecule is CC1C(=O)NCCN1S(=O)(=O)c1cc(N)ccc1F. The molecule has 0 radical (unpaired) electrons. The van der Waals surface area contributed by atoms with Gasteiger partial charge in [0.15, 0.2) is 0 Å². The van der Waals surface area contributed by atoms with Gasteiger partial charge in [-0.2, -0.15) is 4.31 Å². The van der Waals surface area contributed by atoms with Crippen molar-refractivity contribution in [1.82, 2.24) is 9.62 Å². The normalized spacial score (nSPS) is 21.2. The van der Waals surface area contributed by atoms with Crippen molar-refractivity contribution in [2.75, 3.05) is 18.8 Å². The monoisotopic (exact) mass is 287 g/mol. The van der Waals surface area contributed by atoms with Crippen LogP contribution in [0.4, 0.5) is 10.1 Å². The van der Waals surface area contributed by atoms with Crippen molar-refractivity contribution in [2.24, 2.45) is 0 Å². The molecule has 104 valence electrons. The molecular formula is C11H14FN3O3S. The molecule has 1 aliphatic heterocycles. The molecule has 1 amide bonds. The number of nitrogens with zero attached hydrogens (tertiary/aromatic N) is 1. The highest BCUT2D eigenvalue weighted by atomic mass is 32.2. The Balaban J connectivity index is 2.47. The van der Waals surface area contributed by atoms with Crippen LogP contribution in [0.5, 0.6) is 0 Å². The molecule has 0 bridgehead atoms. The molecule has 1 fully saturated rings. The zero-order valence-electron chi connectivity index (χ0n) is 10.3. The van der Waals surface area contributed by atoms with Crippen molar-refractivity contribution < 1.29 is 17.6 Å². The van der Waals surface area contributed by atoms with E-state index in [9.17, 15) is 17.6 Å². The second-order valence-electron chi connectivity index (χ2n) is 4.27. The minimum atomic E-state index is -4.08. The number of benzene rings is 1. The van der Waals surface area contributed by atoms with Gasteiger partial charge in [0, 0.05) is 18.8 Å². The first-order valence-corrected chi connectivity index (χ1v) is 7.12. The van der Waals surface area contributed by atoms with Crippen LogP contribution in [-0.4, -0.2) is 37.8 Å². The maximum absolute atomic E-state index is 13.7. The maximum atomic E-state index is 13.7. The van der Waals surface area contributed by atoms with E-state index >= 15 is 0 Å². The summed E-state index contributed by atoms with van der Waals surface area (Å²) in [6.45, 7) is 1.76. The molecule has 0 saturated carbocycles. The number of carbonyl (C=O) groups is 1. The lowest BCUT2D eigenvalue weighted by molar-refractivity contribution is -0.126. The predicted octanol–water partition coefficient (Wildman–Crippen LogP) is -0.0831. The van der Waals surface area contributed by atoms with Crippen LogP contribution in [-0.2, 0) is 14.8 Å². The van der Waals surface area contributed by atoms with Crippen molar-refractivity contribution in [3.05, 3.63) is 24.0 Å². The number of hydrogen-bond acceptors (Lipinski definition) is 4. The van der Waals surface area contributed by atoms with E-state index in [1.807, 2.05) is 0 Å². The molecule has 1 unspecified atom stereocenters. The Morgan fingerprint density at radius 1 is 1.47 bits per heavy atom. The van der Waals surface area contributed by atoms with E-state index in [-0.39, 0.29) is 18.8 Å². The second-order valence-corrected chi connectivity index (χ2v) is 6.13. The Morgan fingerprint density at radius 2 is 2.16 bits per heavy atom. The van der Waals surface area contributed by atoms with E-state index in [0.29, 0.717) is 0 Å². The van der Waals surface area contributed by atoms with Crippen molar-refractivity contribution in [3.63, 3.8) is 0 Å². The molecule has 1 aromatic rings. The van der Waals surface area contributed by atoms with Crippen LogP contribution in [0.1, 0.15) is 6.92 Å². The average molecular weight is 287 g/mol. The number of hydrogen-bond donors (Lipinski definition) is 2. The molecule has 1 atom stereocenters. The molecular weight excluding hydrogens is 273 g/mol. The molecule has 8 heteroatoms. The summed E-state index contributed by atoms with van der Waals surface area (Å²) < 4.78 is 39.4. The standard InChI is InChI=1S/C11H14FN3O3S/c1-7-11(16)14-4-5-15(7)19(17,18)10-6-8(13)2-3-9(10)12/h2-3,6-7H,4-5,13H2,1H3,(H,14,16). The fourth-order valence-electron chi connectivity index (χ4n) is 1.93. The number of halogens is 1. The van der Waals surface area contributed by atoms with Crippen LogP contribution >= 0.6 is 0 Å². The van der Waals surface area contributed by atoms with Crippen LogP contribution in [0.2, 0.25) is 0 Å². The summed E-state index contributed by atoms with van der Waals surface area (Å²) in [7, 11) is -4.08. The number of nitrogen functional groups attached to an aromatic ring is 1. The Bertz CT molecular complexity index is 618. The molecule has 1 heterocycles. The van der Waals surface area contributed by atoms with Crippen LogP contribution < -0.4 is 11.1 Å². The van der Waals surface area contributed by atoms with Gasteiger partial charge in [-0.05, 0) is 25.1 Å². The van der Waals surface area contributed by atoms with Gasteiger partial charge in [0.25, 0.3) is 0 Å². The summed E-state index contributed by atoms with van der Waals surface area (Å²) in [6.07, 6.45) is 0. The molecule has 0 aliphatic carbocycles. The molecule has 0 aromatic heterocycles. The Morgan fingerprint density at radius 3 is 2.84 bits per heavy atom. The third-order valence-electron chi connectivity index (χ3n) is 2.98. The first-order chi connectivity index (χ1) is 8.84. The number of rotatable bonds is 2. The van der Waals surface area contributed by atoms with Gasteiger partial charge in [0.1, 0.15) is 16.8 Å². The molecule has 1 aromatic carbocycles. The largest absolute Gasteiger partial charge is 0.399 e. The number of nitrogens with two attached hydrogens (primary N) is 1. The summed E-state index contributed by atoms with van der Waals surface area (Å²) in [5.74, 6) is -1.29. The van der Waals surface area contributed by atoms with Crippen LogP contribution in [0.15, 0.2) is 23.1 Å². The van der Waals surface area contributed by atoms with Gasteiger partial charge in [-0.15, -0.1) is 0 Å². The fraction of sp³-hybridized carbons (Fsp3) is 0.364. The minimum Gasteiger partial charge on any atom is -0.399 e. The lowest BCUT2D eigenvalue weighted by Crippen LogP contribution is -2.55. The molecule has 19 heavy (non-hydrogen) atoms. The Labute approximate surface area is 110 Å². The summed E-state index contributed by atoms with van der Waals surface area (Å²) in [6, 6.07) is 2.46. The van der Waals surface area contributed by atoms with Gasteiger partial charge in [-0.3, -0.25) is 4.79 Å². The lowest BCUT2D eigenvalue weighted by atomic mass is 10.2. The van der Waals surface area contributed by atoms with Gasteiger partial charge in [0.05, 0.1) is 0 Å². The van der Waals surface area contributed by atoms with Gasteiger partial charge in [0.2, 0.25) is 15.9 Å². The Hall–Kier alpha value is -1.67. The first kappa shape index (κ1) is 13.8.